The highest BCUT2D eigenvalue weighted by atomic mass is 32.1. The molecule has 1 N–H and O–H groups in total. The third-order valence-corrected chi connectivity index (χ3v) is 8.16. The van der Waals surface area contributed by atoms with Crippen molar-refractivity contribution in [1.29, 1.82) is 0 Å². The molecule has 0 spiro atoms. The third kappa shape index (κ3) is 7.98. The summed E-state index contributed by atoms with van der Waals surface area (Å²) < 4.78 is 5.14. The zero-order valence-electron chi connectivity index (χ0n) is 22.8. The number of anilines is 2. The van der Waals surface area contributed by atoms with Gasteiger partial charge in [0, 0.05) is 69.0 Å². The third-order valence-electron chi connectivity index (χ3n) is 7.35. The van der Waals surface area contributed by atoms with E-state index >= 15 is 0 Å². The molecule has 40 heavy (non-hydrogen) atoms. The maximum atomic E-state index is 13.0. The lowest BCUT2D eigenvalue weighted by molar-refractivity contribution is -0.384. The van der Waals surface area contributed by atoms with Crippen molar-refractivity contribution < 1.29 is 24.0 Å². The molecule has 1 saturated heterocycles. The van der Waals surface area contributed by atoms with Crippen LogP contribution in [0, 0.1) is 16.0 Å². The Morgan fingerprint density at radius 3 is 2.48 bits per heavy atom. The molecule has 4 rings (SSSR count). The highest BCUT2D eigenvalue weighted by molar-refractivity contribution is 7.13. The predicted molar refractivity (Wildman–Crippen MR) is 151 cm³/mol. The summed E-state index contributed by atoms with van der Waals surface area (Å²) in [6.45, 7) is 2.98. The minimum absolute atomic E-state index is 0.00556. The first kappa shape index (κ1) is 29.4. The van der Waals surface area contributed by atoms with Crippen molar-refractivity contribution in [3.05, 3.63) is 45.5 Å². The van der Waals surface area contributed by atoms with Gasteiger partial charge in [-0.2, -0.15) is 0 Å². The molecule has 1 aromatic heterocycles. The van der Waals surface area contributed by atoms with Crippen molar-refractivity contribution in [1.82, 2.24) is 14.8 Å². The van der Waals surface area contributed by atoms with Crippen LogP contribution in [0.25, 0.3) is 0 Å². The van der Waals surface area contributed by atoms with E-state index in [4.69, 9.17) is 4.74 Å². The van der Waals surface area contributed by atoms with Crippen LogP contribution in [0.5, 0.6) is 0 Å². The second kappa shape index (κ2) is 14.2. The molecule has 1 aliphatic carbocycles. The fourth-order valence-corrected chi connectivity index (χ4v) is 5.85. The summed E-state index contributed by atoms with van der Waals surface area (Å²) in [6.07, 6.45) is 5.08. The Kier molecular flexibility index (Phi) is 10.4. The normalized spacial score (nSPS) is 16.0. The van der Waals surface area contributed by atoms with Crippen molar-refractivity contribution in [2.45, 2.75) is 38.5 Å². The molecule has 0 unspecified atom stereocenters. The van der Waals surface area contributed by atoms with Gasteiger partial charge in [0.1, 0.15) is 6.54 Å². The van der Waals surface area contributed by atoms with E-state index in [-0.39, 0.29) is 42.3 Å². The quantitative estimate of drug-likeness (QED) is 0.320. The van der Waals surface area contributed by atoms with Crippen LogP contribution in [0.2, 0.25) is 0 Å². The maximum absolute atomic E-state index is 13.0. The van der Waals surface area contributed by atoms with Crippen molar-refractivity contribution in [2.75, 3.05) is 63.2 Å². The molecule has 2 fully saturated rings. The average Bonchev–Trinajstić information content (AvgIpc) is 3.41. The molecule has 2 aliphatic rings. The minimum Gasteiger partial charge on any atom is -0.383 e. The van der Waals surface area contributed by atoms with Crippen LogP contribution in [-0.2, 0) is 25.5 Å². The number of amides is 3. The number of non-ortho nitro benzene ring substituents is 1. The average molecular weight is 573 g/mol. The number of ether oxygens (including phenoxy) is 1. The Morgan fingerprint density at radius 1 is 1.12 bits per heavy atom. The van der Waals surface area contributed by atoms with Gasteiger partial charge in [-0.25, -0.2) is 4.98 Å². The largest absolute Gasteiger partial charge is 0.383 e. The summed E-state index contributed by atoms with van der Waals surface area (Å²) in [5, 5.41) is 15.8. The zero-order chi connectivity index (χ0) is 28.5. The summed E-state index contributed by atoms with van der Waals surface area (Å²) in [4.78, 5) is 59.0. The van der Waals surface area contributed by atoms with E-state index in [1.54, 1.807) is 34.4 Å². The number of carbonyl (C=O) groups excluding carboxylic acids is 3. The molecule has 12 nitrogen and oxygen atoms in total. The van der Waals surface area contributed by atoms with Gasteiger partial charge in [0.05, 0.1) is 23.6 Å². The number of piperazine rings is 1. The molecule has 2 aromatic rings. The van der Waals surface area contributed by atoms with E-state index in [2.05, 4.69) is 15.2 Å². The van der Waals surface area contributed by atoms with Crippen LogP contribution in [0.3, 0.4) is 0 Å². The lowest BCUT2D eigenvalue weighted by atomic mass is 9.88. The molecular formula is C27H36N6O6S. The van der Waals surface area contributed by atoms with Gasteiger partial charge in [-0.3, -0.25) is 24.5 Å². The fraction of sp³-hybridized carbons (Fsp3) is 0.556. The standard InChI is InChI=1S/C27H36N6O6S/c1-39-16-15-32(26(36)20-5-3-2-4-6-20)18-24(34)29-27-28-21(19-40-27)17-25(35)31-13-11-30(12-14-31)22-7-9-23(10-8-22)33(37)38/h7-10,19-20H,2-6,11-18H2,1H3,(H,28,29,34). The van der Waals surface area contributed by atoms with Gasteiger partial charge in [-0.15, -0.1) is 11.3 Å². The Labute approximate surface area is 237 Å². The highest BCUT2D eigenvalue weighted by Crippen LogP contribution is 2.26. The first-order chi connectivity index (χ1) is 19.3. The van der Waals surface area contributed by atoms with E-state index in [1.807, 2.05) is 0 Å². The molecule has 216 valence electrons. The van der Waals surface area contributed by atoms with Crippen LogP contribution in [-0.4, -0.2) is 90.4 Å². The Hall–Kier alpha value is -3.58. The summed E-state index contributed by atoms with van der Waals surface area (Å²) in [5.74, 6) is -0.400. The molecule has 2 heterocycles. The van der Waals surface area contributed by atoms with Crippen LogP contribution in [0.1, 0.15) is 37.8 Å². The zero-order valence-corrected chi connectivity index (χ0v) is 23.6. The van der Waals surface area contributed by atoms with E-state index in [9.17, 15) is 24.5 Å². The molecule has 1 aromatic carbocycles. The van der Waals surface area contributed by atoms with Gasteiger partial charge in [0.25, 0.3) is 5.69 Å². The second-order valence-corrected chi connectivity index (χ2v) is 11.0. The summed E-state index contributed by atoms with van der Waals surface area (Å²) >= 11 is 1.25. The van der Waals surface area contributed by atoms with Gasteiger partial charge in [-0.05, 0) is 25.0 Å². The van der Waals surface area contributed by atoms with Crippen molar-refractivity contribution >= 4 is 45.6 Å². The molecular weight excluding hydrogens is 536 g/mol. The van der Waals surface area contributed by atoms with Crippen molar-refractivity contribution in [2.24, 2.45) is 5.92 Å². The molecule has 1 aliphatic heterocycles. The second-order valence-electron chi connectivity index (χ2n) is 10.1. The molecule has 0 radical (unpaired) electrons. The van der Waals surface area contributed by atoms with Gasteiger partial charge in [0.2, 0.25) is 17.7 Å². The summed E-state index contributed by atoms with van der Waals surface area (Å²) in [6, 6.07) is 6.42. The number of nitrogens with one attached hydrogen (secondary N) is 1. The number of carbonyl (C=O) groups is 3. The molecule has 3 amide bonds. The molecule has 0 bridgehead atoms. The van der Waals surface area contributed by atoms with Crippen LogP contribution < -0.4 is 10.2 Å². The van der Waals surface area contributed by atoms with E-state index < -0.39 is 4.92 Å². The van der Waals surface area contributed by atoms with Gasteiger partial charge in [0.15, 0.2) is 5.13 Å². The Morgan fingerprint density at radius 2 is 1.82 bits per heavy atom. The molecule has 0 atom stereocenters. The number of thiazole rings is 1. The van der Waals surface area contributed by atoms with E-state index in [0.29, 0.717) is 50.2 Å². The van der Waals surface area contributed by atoms with Gasteiger partial charge < -0.3 is 24.8 Å². The van der Waals surface area contributed by atoms with Crippen molar-refractivity contribution in [3.63, 3.8) is 0 Å². The van der Waals surface area contributed by atoms with Gasteiger partial charge in [-0.1, -0.05) is 19.3 Å². The predicted octanol–water partition coefficient (Wildman–Crippen LogP) is 2.94. The minimum atomic E-state index is -0.424. The maximum Gasteiger partial charge on any atom is 0.269 e. The number of benzene rings is 1. The molecule has 1 saturated carbocycles. The SMILES string of the molecule is COCCN(CC(=O)Nc1nc(CC(=O)N2CCN(c3ccc([N+](=O)[O-])cc3)CC2)cs1)C(=O)C1CCCCC1. The number of hydrogen-bond donors (Lipinski definition) is 1. The first-order valence-corrected chi connectivity index (χ1v) is 14.5. The Balaban J connectivity index is 1.24. The first-order valence-electron chi connectivity index (χ1n) is 13.6. The van der Waals surface area contributed by atoms with Crippen molar-refractivity contribution in [3.8, 4) is 0 Å². The van der Waals surface area contributed by atoms with E-state index in [0.717, 1.165) is 37.8 Å². The lowest BCUT2D eigenvalue weighted by Gasteiger charge is -2.36. The molecule has 13 heteroatoms. The topological polar surface area (TPSA) is 138 Å². The summed E-state index contributed by atoms with van der Waals surface area (Å²) in [7, 11) is 1.57. The number of nitro benzene ring substituents is 1. The fourth-order valence-electron chi connectivity index (χ4n) is 5.12. The monoisotopic (exact) mass is 572 g/mol. The van der Waals surface area contributed by atoms with Crippen LogP contribution in [0.4, 0.5) is 16.5 Å². The van der Waals surface area contributed by atoms with Crippen LogP contribution in [0.15, 0.2) is 29.6 Å². The number of hydrogen-bond acceptors (Lipinski definition) is 9. The lowest BCUT2D eigenvalue weighted by Crippen LogP contribution is -2.49. The number of rotatable bonds is 11. The number of nitro groups is 1. The Bertz CT molecular complexity index is 1170. The number of nitrogens with zero attached hydrogens (tertiary/aromatic N) is 5. The highest BCUT2D eigenvalue weighted by Gasteiger charge is 2.27. The van der Waals surface area contributed by atoms with E-state index in [1.165, 1.54) is 23.5 Å². The van der Waals surface area contributed by atoms with Crippen LogP contribution >= 0.6 is 11.3 Å². The van der Waals surface area contributed by atoms with Gasteiger partial charge >= 0.3 is 0 Å². The number of aromatic nitrogens is 1. The summed E-state index contributed by atoms with van der Waals surface area (Å²) in [5.41, 5.74) is 1.52. The smallest absolute Gasteiger partial charge is 0.269 e. The number of methoxy groups -OCH3 is 1.